The summed E-state index contributed by atoms with van der Waals surface area (Å²) < 4.78 is 15.0. The number of benzene rings is 2. The molecule has 0 aliphatic rings. The van der Waals surface area contributed by atoms with Crippen molar-refractivity contribution in [3.8, 4) is 0 Å². The highest BCUT2D eigenvalue weighted by Gasteiger charge is 2.15. The molecule has 0 bridgehead atoms. The Bertz CT molecular complexity index is 984. The van der Waals surface area contributed by atoms with Gasteiger partial charge in [0.25, 0.3) is 5.56 Å². The number of rotatable bonds is 6. The molecule has 1 amide bonds. The lowest BCUT2D eigenvalue weighted by Crippen LogP contribution is -2.41. The molecule has 2 aromatic carbocycles. The van der Waals surface area contributed by atoms with E-state index in [4.69, 9.17) is 0 Å². The van der Waals surface area contributed by atoms with Crippen LogP contribution < -0.4 is 10.9 Å². The molecule has 6 heteroatoms. The van der Waals surface area contributed by atoms with Crippen molar-refractivity contribution in [2.75, 3.05) is 0 Å². The van der Waals surface area contributed by atoms with Crippen molar-refractivity contribution in [3.63, 3.8) is 0 Å². The van der Waals surface area contributed by atoms with Crippen molar-refractivity contribution >= 4 is 16.7 Å². The Labute approximate surface area is 150 Å². The molecule has 0 saturated carbocycles. The van der Waals surface area contributed by atoms with Crippen LogP contribution in [-0.4, -0.2) is 21.7 Å². The molecule has 0 aliphatic carbocycles. The minimum atomic E-state index is -0.400. The molecular weight excluding hydrogens is 333 g/mol. The molecule has 5 nitrogen and oxygen atoms in total. The maximum Gasteiger partial charge on any atom is 0.274 e. The average Bonchev–Trinajstić information content (AvgIpc) is 2.65. The Kier molecular flexibility index (Phi) is 5.41. The maximum atomic E-state index is 13.7. The zero-order valence-electron chi connectivity index (χ0n) is 14.5. The number of carbonyl (C=O) groups excluding carboxylic acids is 1. The van der Waals surface area contributed by atoms with Gasteiger partial charge in [-0.25, -0.2) is 9.07 Å². The van der Waals surface area contributed by atoms with Crippen LogP contribution in [0, 0.1) is 5.82 Å². The standard InChI is InChI=1S/C20H20FN3O2/c1-2-16(23-19(25)11-14-7-4-6-10-18(14)21)13-24-20(26)17-9-5-3-8-15(17)12-22-24/h3-10,12,16H,2,11,13H2,1H3,(H,23,25)/t16-/m0/s1. The van der Waals surface area contributed by atoms with Gasteiger partial charge in [-0.05, 0) is 24.1 Å². The van der Waals surface area contributed by atoms with Gasteiger partial charge >= 0.3 is 0 Å². The van der Waals surface area contributed by atoms with E-state index in [9.17, 15) is 14.0 Å². The highest BCUT2D eigenvalue weighted by atomic mass is 19.1. The van der Waals surface area contributed by atoms with Gasteiger partial charge in [-0.2, -0.15) is 5.10 Å². The highest BCUT2D eigenvalue weighted by molar-refractivity contribution is 5.80. The molecule has 0 radical (unpaired) electrons. The predicted molar refractivity (Wildman–Crippen MR) is 98.3 cm³/mol. The number of amides is 1. The van der Waals surface area contributed by atoms with Crippen LogP contribution in [0.5, 0.6) is 0 Å². The quantitative estimate of drug-likeness (QED) is 0.741. The summed E-state index contributed by atoms with van der Waals surface area (Å²) in [6.07, 6.45) is 2.23. The molecule has 0 saturated heterocycles. The lowest BCUT2D eigenvalue weighted by molar-refractivity contribution is -0.121. The summed E-state index contributed by atoms with van der Waals surface area (Å²) in [4.78, 5) is 24.8. The molecule has 1 aromatic heterocycles. The van der Waals surface area contributed by atoms with E-state index in [0.717, 1.165) is 5.39 Å². The smallest absolute Gasteiger partial charge is 0.274 e. The second-order valence-corrected chi connectivity index (χ2v) is 6.16. The lowest BCUT2D eigenvalue weighted by Gasteiger charge is -2.18. The normalized spacial score (nSPS) is 12.1. The minimum Gasteiger partial charge on any atom is -0.351 e. The summed E-state index contributed by atoms with van der Waals surface area (Å²) in [5.74, 6) is -0.682. The number of hydrogen-bond acceptors (Lipinski definition) is 3. The van der Waals surface area contributed by atoms with Crippen molar-refractivity contribution in [1.29, 1.82) is 0 Å². The number of carbonyl (C=O) groups is 1. The Hall–Kier alpha value is -3.02. The van der Waals surface area contributed by atoms with Gasteiger partial charge in [0.1, 0.15) is 5.82 Å². The van der Waals surface area contributed by atoms with Gasteiger partial charge in [0, 0.05) is 11.4 Å². The Morgan fingerprint density at radius 1 is 1.19 bits per heavy atom. The monoisotopic (exact) mass is 353 g/mol. The van der Waals surface area contributed by atoms with E-state index < -0.39 is 5.82 Å². The Morgan fingerprint density at radius 3 is 2.69 bits per heavy atom. The second kappa shape index (κ2) is 7.91. The summed E-state index contributed by atoms with van der Waals surface area (Å²) in [5, 5.41) is 8.43. The molecule has 3 rings (SSSR count). The van der Waals surface area contributed by atoms with Crippen LogP contribution >= 0.6 is 0 Å². The number of halogens is 1. The van der Waals surface area contributed by atoms with Gasteiger partial charge in [0.2, 0.25) is 5.91 Å². The minimum absolute atomic E-state index is 0.0385. The van der Waals surface area contributed by atoms with Crippen molar-refractivity contribution in [1.82, 2.24) is 15.1 Å². The zero-order valence-corrected chi connectivity index (χ0v) is 14.5. The summed E-state index contributed by atoms with van der Waals surface area (Å²) in [6.45, 7) is 2.18. The van der Waals surface area contributed by atoms with Crippen LogP contribution in [0.3, 0.4) is 0 Å². The molecule has 1 N–H and O–H groups in total. The summed E-state index contributed by atoms with van der Waals surface area (Å²) in [6, 6.07) is 13.2. The van der Waals surface area contributed by atoms with E-state index in [1.54, 1.807) is 30.5 Å². The van der Waals surface area contributed by atoms with E-state index in [0.29, 0.717) is 17.4 Å². The van der Waals surface area contributed by atoms with E-state index in [1.165, 1.54) is 10.7 Å². The van der Waals surface area contributed by atoms with Gasteiger partial charge in [-0.15, -0.1) is 0 Å². The van der Waals surface area contributed by atoms with E-state index >= 15 is 0 Å². The van der Waals surface area contributed by atoms with Gasteiger partial charge in [0.05, 0.1) is 24.5 Å². The fourth-order valence-corrected chi connectivity index (χ4v) is 2.84. The van der Waals surface area contributed by atoms with Crippen LogP contribution in [-0.2, 0) is 17.8 Å². The van der Waals surface area contributed by atoms with Crippen LogP contribution in [0.15, 0.2) is 59.5 Å². The topological polar surface area (TPSA) is 64.0 Å². The first kappa shape index (κ1) is 17.8. The molecule has 0 aliphatic heterocycles. The zero-order chi connectivity index (χ0) is 18.5. The fraction of sp³-hybridized carbons (Fsp3) is 0.250. The van der Waals surface area contributed by atoms with Gasteiger partial charge < -0.3 is 5.32 Å². The number of nitrogens with one attached hydrogen (secondary N) is 1. The summed E-state index contributed by atoms with van der Waals surface area (Å²) in [7, 11) is 0. The first-order chi connectivity index (χ1) is 12.6. The van der Waals surface area contributed by atoms with Gasteiger partial charge in [-0.3, -0.25) is 9.59 Å². The SMILES string of the molecule is CC[C@@H](Cn1ncc2ccccc2c1=O)NC(=O)Cc1ccccc1F. The molecular formula is C20H20FN3O2. The van der Waals surface area contributed by atoms with Crippen molar-refractivity contribution in [2.45, 2.75) is 32.4 Å². The molecule has 1 atom stereocenters. The predicted octanol–water partition coefficient (Wildman–Crippen LogP) is 2.67. The third kappa shape index (κ3) is 3.96. The lowest BCUT2D eigenvalue weighted by atomic mass is 10.1. The van der Waals surface area contributed by atoms with Crippen LogP contribution in [0.25, 0.3) is 10.8 Å². The number of hydrogen-bond donors (Lipinski definition) is 1. The third-order valence-corrected chi connectivity index (χ3v) is 4.32. The van der Waals surface area contributed by atoms with Crippen LogP contribution in [0.1, 0.15) is 18.9 Å². The Morgan fingerprint density at radius 2 is 1.92 bits per heavy atom. The second-order valence-electron chi connectivity index (χ2n) is 6.16. The van der Waals surface area contributed by atoms with Crippen molar-refractivity contribution in [2.24, 2.45) is 0 Å². The van der Waals surface area contributed by atoms with Gasteiger partial charge in [-0.1, -0.05) is 43.3 Å². The number of fused-ring (bicyclic) bond motifs is 1. The van der Waals surface area contributed by atoms with Crippen LogP contribution in [0.2, 0.25) is 0 Å². The molecule has 3 aromatic rings. The highest BCUT2D eigenvalue weighted by Crippen LogP contribution is 2.09. The molecule has 26 heavy (non-hydrogen) atoms. The first-order valence-corrected chi connectivity index (χ1v) is 8.56. The van der Waals surface area contributed by atoms with E-state index in [1.807, 2.05) is 25.1 Å². The maximum absolute atomic E-state index is 13.7. The molecule has 0 unspecified atom stereocenters. The average molecular weight is 353 g/mol. The molecule has 0 spiro atoms. The number of aromatic nitrogens is 2. The largest absolute Gasteiger partial charge is 0.351 e. The van der Waals surface area contributed by atoms with Crippen molar-refractivity contribution in [3.05, 3.63) is 76.5 Å². The fourth-order valence-electron chi connectivity index (χ4n) is 2.84. The summed E-state index contributed by atoms with van der Waals surface area (Å²) in [5.41, 5.74) is 0.158. The summed E-state index contributed by atoms with van der Waals surface area (Å²) >= 11 is 0. The molecule has 1 heterocycles. The van der Waals surface area contributed by atoms with E-state index in [-0.39, 0.29) is 30.5 Å². The van der Waals surface area contributed by atoms with Gasteiger partial charge in [0.15, 0.2) is 0 Å². The Balaban J connectivity index is 1.72. The van der Waals surface area contributed by atoms with Crippen molar-refractivity contribution < 1.29 is 9.18 Å². The third-order valence-electron chi connectivity index (χ3n) is 4.32. The molecule has 134 valence electrons. The first-order valence-electron chi connectivity index (χ1n) is 8.56. The van der Waals surface area contributed by atoms with Crippen LogP contribution in [0.4, 0.5) is 4.39 Å². The number of nitrogens with zero attached hydrogens (tertiary/aromatic N) is 2. The van der Waals surface area contributed by atoms with E-state index in [2.05, 4.69) is 10.4 Å². The molecule has 0 fully saturated rings.